The van der Waals surface area contributed by atoms with Gasteiger partial charge >= 0.3 is 6.03 Å². The third-order valence-corrected chi connectivity index (χ3v) is 4.50. The van der Waals surface area contributed by atoms with Gasteiger partial charge in [0.05, 0.1) is 22.2 Å². The number of likely N-dealkylation sites (N-methyl/N-ethyl adjacent to an activating group) is 1. The van der Waals surface area contributed by atoms with Crippen LogP contribution in [0, 0.1) is 10.1 Å². The van der Waals surface area contributed by atoms with Crippen molar-refractivity contribution in [3.63, 3.8) is 0 Å². The lowest BCUT2D eigenvalue weighted by Crippen LogP contribution is -2.48. The zero-order valence-corrected chi connectivity index (χ0v) is 15.5. The summed E-state index contributed by atoms with van der Waals surface area (Å²) in [5, 5.41) is 16.3. The maximum Gasteiger partial charge on any atom is 0.319 e. The number of non-ortho nitro benzene ring substituents is 1. The summed E-state index contributed by atoms with van der Waals surface area (Å²) in [6, 6.07) is 3.45. The second kappa shape index (κ2) is 8.81. The second-order valence-electron chi connectivity index (χ2n) is 6.36. The van der Waals surface area contributed by atoms with E-state index < -0.39 is 11.0 Å². The van der Waals surface area contributed by atoms with Gasteiger partial charge in [-0.25, -0.2) is 4.79 Å². The summed E-state index contributed by atoms with van der Waals surface area (Å²) < 4.78 is 0. The molecule has 1 aliphatic rings. The number of piperidine rings is 1. The highest BCUT2D eigenvalue weighted by atomic mass is 35.5. The smallest absolute Gasteiger partial charge is 0.319 e. The minimum absolute atomic E-state index is 0.00229. The molecular formula is C16H22ClN5O4. The van der Waals surface area contributed by atoms with E-state index in [2.05, 4.69) is 15.5 Å². The largest absolute Gasteiger partial charge is 0.348 e. The van der Waals surface area contributed by atoms with Crippen LogP contribution in [0.15, 0.2) is 18.2 Å². The molecule has 1 aromatic rings. The molecular weight excluding hydrogens is 362 g/mol. The van der Waals surface area contributed by atoms with Crippen molar-refractivity contribution >= 4 is 34.9 Å². The summed E-state index contributed by atoms with van der Waals surface area (Å²) in [4.78, 5) is 37.6. The van der Waals surface area contributed by atoms with Crippen LogP contribution in [0.4, 0.5) is 16.2 Å². The number of halogens is 1. The summed E-state index contributed by atoms with van der Waals surface area (Å²) in [5.74, 6) is 0.0574. The van der Waals surface area contributed by atoms with E-state index >= 15 is 0 Å². The topological polar surface area (TPSA) is 108 Å². The molecule has 1 saturated heterocycles. The minimum Gasteiger partial charge on any atom is -0.348 e. The third-order valence-electron chi connectivity index (χ3n) is 4.19. The van der Waals surface area contributed by atoms with Crippen molar-refractivity contribution in [1.29, 1.82) is 0 Å². The number of hydrogen-bond acceptors (Lipinski definition) is 5. The van der Waals surface area contributed by atoms with Crippen molar-refractivity contribution < 1.29 is 14.5 Å². The van der Waals surface area contributed by atoms with Crippen LogP contribution in [0.5, 0.6) is 0 Å². The molecule has 9 nitrogen and oxygen atoms in total. The van der Waals surface area contributed by atoms with Gasteiger partial charge in [0.15, 0.2) is 0 Å². The van der Waals surface area contributed by atoms with Crippen LogP contribution >= 0.6 is 11.6 Å². The predicted octanol–water partition coefficient (Wildman–Crippen LogP) is 1.92. The molecule has 0 radical (unpaired) electrons. The van der Waals surface area contributed by atoms with Crippen molar-refractivity contribution in [3.05, 3.63) is 33.3 Å². The Morgan fingerprint density at radius 2 is 2.00 bits per heavy atom. The van der Waals surface area contributed by atoms with Gasteiger partial charge in [0, 0.05) is 45.4 Å². The van der Waals surface area contributed by atoms with Gasteiger partial charge in [0.1, 0.15) is 0 Å². The molecule has 0 unspecified atom stereocenters. The Morgan fingerprint density at radius 3 is 2.54 bits per heavy atom. The number of likely N-dealkylation sites (tertiary alicyclic amines) is 1. The number of benzene rings is 1. The van der Waals surface area contributed by atoms with E-state index in [-0.39, 0.29) is 22.7 Å². The van der Waals surface area contributed by atoms with Crippen molar-refractivity contribution in [2.24, 2.45) is 0 Å². The fraction of sp³-hybridized carbons (Fsp3) is 0.500. The number of urea groups is 1. The molecule has 10 heteroatoms. The van der Waals surface area contributed by atoms with Gasteiger partial charge < -0.3 is 15.5 Å². The second-order valence-corrected chi connectivity index (χ2v) is 6.77. The molecule has 3 amide bonds. The molecule has 0 aliphatic carbocycles. The van der Waals surface area contributed by atoms with Crippen LogP contribution in [0.3, 0.4) is 0 Å². The minimum atomic E-state index is -0.551. The number of rotatable bonds is 5. The lowest BCUT2D eigenvalue weighted by molar-refractivity contribution is -0.384. The van der Waals surface area contributed by atoms with E-state index in [1.807, 2.05) is 0 Å². The highest BCUT2D eigenvalue weighted by Gasteiger charge is 2.23. The molecule has 1 fully saturated rings. The first-order valence-electron chi connectivity index (χ1n) is 8.20. The van der Waals surface area contributed by atoms with Crippen LogP contribution in [0.25, 0.3) is 0 Å². The average molecular weight is 384 g/mol. The summed E-state index contributed by atoms with van der Waals surface area (Å²) in [5.41, 5.74) is 0.171. The number of nitro groups is 1. The Hall–Kier alpha value is -2.39. The van der Waals surface area contributed by atoms with Gasteiger partial charge in [-0.15, -0.1) is 0 Å². The summed E-state index contributed by atoms with van der Waals surface area (Å²) >= 11 is 5.96. The number of anilines is 1. The standard InChI is InChI=1S/C16H22ClN5O4/c1-20(2)15(23)10-21-7-5-11(6-8-21)18-16(24)19-14-4-3-12(22(25)26)9-13(14)17/h3-4,9,11H,5-8,10H2,1-2H3,(H2,18,19,24). The van der Waals surface area contributed by atoms with Gasteiger partial charge in [-0.3, -0.25) is 19.8 Å². The Kier molecular flexibility index (Phi) is 6.76. The van der Waals surface area contributed by atoms with Gasteiger partial charge in [0.2, 0.25) is 5.91 Å². The molecule has 26 heavy (non-hydrogen) atoms. The quantitative estimate of drug-likeness (QED) is 0.596. The van der Waals surface area contributed by atoms with Crippen LogP contribution in [-0.2, 0) is 4.79 Å². The number of nitro benzene ring substituents is 1. The number of nitrogens with zero attached hydrogens (tertiary/aromatic N) is 3. The summed E-state index contributed by atoms with van der Waals surface area (Å²) in [7, 11) is 3.45. The van der Waals surface area contributed by atoms with Gasteiger partial charge in [-0.2, -0.15) is 0 Å². The van der Waals surface area contributed by atoms with E-state index in [0.29, 0.717) is 12.2 Å². The molecule has 0 saturated carbocycles. The average Bonchev–Trinajstić information content (AvgIpc) is 2.58. The van der Waals surface area contributed by atoms with E-state index in [1.165, 1.54) is 18.2 Å². The summed E-state index contributed by atoms with van der Waals surface area (Å²) in [6.45, 7) is 1.83. The molecule has 0 spiro atoms. The van der Waals surface area contributed by atoms with Crippen molar-refractivity contribution in [3.8, 4) is 0 Å². The normalized spacial score (nSPS) is 15.3. The van der Waals surface area contributed by atoms with E-state index in [0.717, 1.165) is 25.9 Å². The lowest BCUT2D eigenvalue weighted by atomic mass is 10.1. The number of hydrogen-bond donors (Lipinski definition) is 2. The van der Waals surface area contributed by atoms with Gasteiger partial charge in [-0.05, 0) is 18.9 Å². The van der Waals surface area contributed by atoms with Gasteiger partial charge in [-0.1, -0.05) is 11.6 Å². The van der Waals surface area contributed by atoms with Crippen molar-refractivity contribution in [2.75, 3.05) is 39.0 Å². The number of amides is 3. The van der Waals surface area contributed by atoms with Crippen LogP contribution in [-0.4, -0.2) is 66.4 Å². The van der Waals surface area contributed by atoms with E-state index in [1.54, 1.807) is 19.0 Å². The third kappa shape index (κ3) is 5.57. The molecule has 2 N–H and O–H groups in total. The Labute approximate surface area is 156 Å². The molecule has 1 heterocycles. The van der Waals surface area contributed by atoms with E-state index in [9.17, 15) is 19.7 Å². The summed E-state index contributed by atoms with van der Waals surface area (Å²) in [6.07, 6.45) is 1.48. The van der Waals surface area contributed by atoms with Crippen LogP contribution < -0.4 is 10.6 Å². The monoisotopic (exact) mass is 383 g/mol. The highest BCUT2D eigenvalue weighted by molar-refractivity contribution is 6.33. The molecule has 142 valence electrons. The fourth-order valence-electron chi connectivity index (χ4n) is 2.63. The first kappa shape index (κ1) is 19.9. The Morgan fingerprint density at radius 1 is 1.35 bits per heavy atom. The molecule has 1 aromatic carbocycles. The van der Waals surface area contributed by atoms with Gasteiger partial charge in [0.25, 0.3) is 5.69 Å². The van der Waals surface area contributed by atoms with Crippen molar-refractivity contribution in [1.82, 2.24) is 15.1 Å². The SMILES string of the molecule is CN(C)C(=O)CN1CCC(NC(=O)Nc2ccc([N+](=O)[O-])cc2Cl)CC1. The maximum absolute atomic E-state index is 12.1. The zero-order valence-electron chi connectivity index (χ0n) is 14.7. The molecule has 1 aliphatic heterocycles. The fourth-order valence-corrected chi connectivity index (χ4v) is 2.85. The lowest BCUT2D eigenvalue weighted by Gasteiger charge is -2.32. The zero-order chi connectivity index (χ0) is 19.3. The first-order valence-corrected chi connectivity index (χ1v) is 8.58. The van der Waals surface area contributed by atoms with E-state index in [4.69, 9.17) is 11.6 Å². The highest BCUT2D eigenvalue weighted by Crippen LogP contribution is 2.26. The van der Waals surface area contributed by atoms with Crippen molar-refractivity contribution in [2.45, 2.75) is 18.9 Å². The maximum atomic E-state index is 12.1. The molecule has 2 rings (SSSR count). The van der Waals surface area contributed by atoms with Crippen LogP contribution in [0.2, 0.25) is 5.02 Å². The number of carbonyl (C=O) groups is 2. The number of carbonyl (C=O) groups excluding carboxylic acids is 2. The molecule has 0 bridgehead atoms. The Balaban J connectivity index is 1.81. The predicted molar refractivity (Wildman–Crippen MR) is 98.4 cm³/mol. The molecule has 0 atom stereocenters. The molecule has 0 aromatic heterocycles. The Bertz CT molecular complexity index is 689. The first-order chi connectivity index (χ1) is 12.3. The van der Waals surface area contributed by atoms with Crippen LogP contribution in [0.1, 0.15) is 12.8 Å². The number of nitrogens with one attached hydrogen (secondary N) is 2.